The van der Waals surface area contributed by atoms with Crippen LogP contribution < -0.4 is 14.8 Å². The fourth-order valence-corrected chi connectivity index (χ4v) is 1.43. The summed E-state index contributed by atoms with van der Waals surface area (Å²) >= 11 is 0. The molecule has 0 saturated carbocycles. The van der Waals surface area contributed by atoms with Crippen LogP contribution in [0.5, 0.6) is 11.5 Å². The SMILES string of the molecule is CCC(=O)NCC(=O)c1cc(OC)ccc1OC. The average Bonchev–Trinajstić information content (AvgIpc) is 2.43. The van der Waals surface area contributed by atoms with Gasteiger partial charge in [-0.2, -0.15) is 0 Å². The number of hydrogen-bond donors (Lipinski definition) is 1. The predicted molar refractivity (Wildman–Crippen MR) is 67.2 cm³/mol. The second-order valence-electron chi connectivity index (χ2n) is 3.62. The molecule has 0 spiro atoms. The molecule has 1 aromatic carbocycles. The van der Waals surface area contributed by atoms with Crippen LogP contribution in [0.3, 0.4) is 0 Å². The number of carbonyl (C=O) groups is 2. The molecule has 5 nitrogen and oxygen atoms in total. The number of benzene rings is 1. The lowest BCUT2D eigenvalue weighted by molar-refractivity contribution is -0.120. The lowest BCUT2D eigenvalue weighted by atomic mass is 10.1. The third-order valence-corrected chi connectivity index (χ3v) is 2.47. The number of carbonyl (C=O) groups excluding carboxylic acids is 2. The van der Waals surface area contributed by atoms with Crippen molar-refractivity contribution in [3.05, 3.63) is 23.8 Å². The number of ketones is 1. The Morgan fingerprint density at radius 3 is 2.50 bits per heavy atom. The largest absolute Gasteiger partial charge is 0.497 e. The van der Waals surface area contributed by atoms with Crippen LogP contribution in [0, 0.1) is 0 Å². The Morgan fingerprint density at radius 1 is 1.22 bits per heavy atom. The molecule has 0 aliphatic carbocycles. The first kappa shape index (κ1) is 14.0. The van der Waals surface area contributed by atoms with E-state index in [0.717, 1.165) is 0 Å². The molecule has 0 atom stereocenters. The minimum atomic E-state index is -0.215. The molecule has 0 saturated heterocycles. The third kappa shape index (κ3) is 3.48. The number of hydrogen-bond acceptors (Lipinski definition) is 4. The highest BCUT2D eigenvalue weighted by Crippen LogP contribution is 2.24. The predicted octanol–water partition coefficient (Wildman–Crippen LogP) is 1.41. The maximum absolute atomic E-state index is 12.0. The summed E-state index contributed by atoms with van der Waals surface area (Å²) in [6.45, 7) is 1.68. The van der Waals surface area contributed by atoms with Crippen LogP contribution in [0.4, 0.5) is 0 Å². The van der Waals surface area contributed by atoms with E-state index in [1.165, 1.54) is 14.2 Å². The zero-order valence-corrected chi connectivity index (χ0v) is 10.8. The first-order chi connectivity index (χ1) is 8.62. The van der Waals surface area contributed by atoms with Gasteiger partial charge in [0.1, 0.15) is 11.5 Å². The van der Waals surface area contributed by atoms with Crippen molar-refractivity contribution in [2.24, 2.45) is 0 Å². The molecular formula is C13H17NO4. The lowest BCUT2D eigenvalue weighted by Crippen LogP contribution is -2.28. The summed E-state index contributed by atoms with van der Waals surface area (Å²) in [6, 6.07) is 4.97. The van der Waals surface area contributed by atoms with E-state index in [2.05, 4.69) is 5.32 Å². The van der Waals surface area contributed by atoms with E-state index in [1.54, 1.807) is 25.1 Å². The molecule has 98 valence electrons. The van der Waals surface area contributed by atoms with E-state index in [-0.39, 0.29) is 18.2 Å². The van der Waals surface area contributed by atoms with Crippen molar-refractivity contribution >= 4 is 11.7 Å². The zero-order valence-electron chi connectivity index (χ0n) is 10.8. The van der Waals surface area contributed by atoms with Gasteiger partial charge in [-0.25, -0.2) is 0 Å². The summed E-state index contributed by atoms with van der Waals surface area (Å²) in [5.41, 5.74) is 0.397. The van der Waals surface area contributed by atoms with Crippen molar-refractivity contribution in [3.8, 4) is 11.5 Å². The average molecular weight is 251 g/mol. The molecular weight excluding hydrogens is 234 g/mol. The van der Waals surface area contributed by atoms with E-state index in [9.17, 15) is 9.59 Å². The molecule has 1 aromatic rings. The summed E-state index contributed by atoms with van der Waals surface area (Å²) in [6.07, 6.45) is 0.350. The normalized spacial score (nSPS) is 9.72. The monoisotopic (exact) mass is 251 g/mol. The summed E-state index contributed by atoms with van der Waals surface area (Å²) < 4.78 is 10.2. The van der Waals surface area contributed by atoms with Crippen LogP contribution in [-0.4, -0.2) is 32.5 Å². The smallest absolute Gasteiger partial charge is 0.220 e. The van der Waals surface area contributed by atoms with Crippen LogP contribution in [0.1, 0.15) is 23.7 Å². The number of nitrogens with one attached hydrogen (secondary N) is 1. The number of rotatable bonds is 6. The van der Waals surface area contributed by atoms with Gasteiger partial charge in [-0.1, -0.05) is 6.92 Å². The van der Waals surface area contributed by atoms with Gasteiger partial charge in [-0.15, -0.1) is 0 Å². The number of methoxy groups -OCH3 is 2. The lowest BCUT2D eigenvalue weighted by Gasteiger charge is -2.10. The standard InChI is InChI=1S/C13H17NO4/c1-4-13(16)14-8-11(15)10-7-9(17-2)5-6-12(10)18-3/h5-7H,4,8H2,1-3H3,(H,14,16). The first-order valence-corrected chi connectivity index (χ1v) is 5.64. The van der Waals surface area contributed by atoms with Gasteiger partial charge < -0.3 is 14.8 Å². The van der Waals surface area contributed by atoms with E-state index in [4.69, 9.17) is 9.47 Å². The van der Waals surface area contributed by atoms with E-state index >= 15 is 0 Å². The van der Waals surface area contributed by atoms with Gasteiger partial charge in [0.2, 0.25) is 5.91 Å². The Labute approximate surface area is 106 Å². The summed E-state index contributed by atoms with van der Waals surface area (Å²) in [5.74, 6) is 0.658. The van der Waals surface area contributed by atoms with Crippen LogP contribution in [0.25, 0.3) is 0 Å². The molecule has 0 radical (unpaired) electrons. The van der Waals surface area contributed by atoms with Gasteiger partial charge in [0, 0.05) is 6.42 Å². The van der Waals surface area contributed by atoms with Gasteiger partial charge in [0.15, 0.2) is 5.78 Å². The van der Waals surface area contributed by atoms with Gasteiger partial charge in [-0.05, 0) is 18.2 Å². The fraction of sp³-hybridized carbons (Fsp3) is 0.385. The zero-order chi connectivity index (χ0) is 13.5. The molecule has 0 bridgehead atoms. The van der Waals surface area contributed by atoms with Crippen LogP contribution in [0.15, 0.2) is 18.2 Å². The van der Waals surface area contributed by atoms with Gasteiger partial charge in [0.05, 0.1) is 26.3 Å². The molecule has 0 fully saturated rings. The molecule has 0 aromatic heterocycles. The van der Waals surface area contributed by atoms with Gasteiger partial charge in [0.25, 0.3) is 0 Å². The van der Waals surface area contributed by atoms with Crippen molar-refractivity contribution in [2.75, 3.05) is 20.8 Å². The second-order valence-corrected chi connectivity index (χ2v) is 3.62. The molecule has 18 heavy (non-hydrogen) atoms. The van der Waals surface area contributed by atoms with Crippen LogP contribution in [0.2, 0.25) is 0 Å². The molecule has 0 unspecified atom stereocenters. The molecule has 0 heterocycles. The van der Waals surface area contributed by atoms with Crippen LogP contribution in [-0.2, 0) is 4.79 Å². The summed E-state index contributed by atoms with van der Waals surface area (Å²) in [7, 11) is 3.01. The Bertz CT molecular complexity index is 443. The number of Topliss-reactive ketones (excluding diaryl/α,β-unsaturated/α-hetero) is 1. The van der Waals surface area contributed by atoms with Crippen LogP contribution >= 0.6 is 0 Å². The Balaban J connectivity index is 2.85. The Morgan fingerprint density at radius 2 is 1.94 bits per heavy atom. The minimum Gasteiger partial charge on any atom is -0.497 e. The number of ether oxygens (including phenoxy) is 2. The molecule has 0 aliphatic heterocycles. The van der Waals surface area contributed by atoms with E-state index < -0.39 is 0 Å². The first-order valence-electron chi connectivity index (χ1n) is 5.64. The van der Waals surface area contributed by atoms with Gasteiger partial charge in [-0.3, -0.25) is 9.59 Å². The molecule has 1 N–H and O–H groups in total. The van der Waals surface area contributed by atoms with E-state index in [0.29, 0.717) is 23.5 Å². The topological polar surface area (TPSA) is 64.6 Å². The maximum Gasteiger partial charge on any atom is 0.220 e. The van der Waals surface area contributed by atoms with Crippen molar-refractivity contribution in [3.63, 3.8) is 0 Å². The molecule has 1 amide bonds. The fourth-order valence-electron chi connectivity index (χ4n) is 1.43. The molecule has 1 rings (SSSR count). The summed E-state index contributed by atoms with van der Waals surface area (Å²) in [4.78, 5) is 23.1. The number of amides is 1. The van der Waals surface area contributed by atoms with Gasteiger partial charge >= 0.3 is 0 Å². The van der Waals surface area contributed by atoms with Crippen molar-refractivity contribution < 1.29 is 19.1 Å². The highest BCUT2D eigenvalue weighted by molar-refractivity contribution is 6.01. The van der Waals surface area contributed by atoms with Crippen molar-refractivity contribution in [2.45, 2.75) is 13.3 Å². The van der Waals surface area contributed by atoms with Crippen molar-refractivity contribution in [1.29, 1.82) is 0 Å². The molecule has 0 aliphatic rings. The third-order valence-electron chi connectivity index (χ3n) is 2.47. The quantitative estimate of drug-likeness (QED) is 0.776. The molecule has 5 heteroatoms. The maximum atomic E-state index is 12.0. The minimum absolute atomic E-state index is 0.0454. The highest BCUT2D eigenvalue weighted by atomic mass is 16.5. The second kappa shape index (κ2) is 6.64. The van der Waals surface area contributed by atoms with E-state index in [1.807, 2.05) is 0 Å². The highest BCUT2D eigenvalue weighted by Gasteiger charge is 2.14. The Kier molecular flexibility index (Phi) is 5.17. The van der Waals surface area contributed by atoms with Crippen molar-refractivity contribution in [1.82, 2.24) is 5.32 Å². The summed E-state index contributed by atoms with van der Waals surface area (Å²) in [5, 5.41) is 2.53. The Hall–Kier alpha value is -2.04.